The molecule has 0 amide bonds. The summed E-state index contributed by atoms with van der Waals surface area (Å²) in [6, 6.07) is 0. The quantitative estimate of drug-likeness (QED) is 0.0686. The van der Waals surface area contributed by atoms with E-state index in [1.807, 2.05) is 0 Å². The zero-order valence-electron chi connectivity index (χ0n) is 26.1. The molecular weight excluding hydrogens is 574 g/mol. The first-order chi connectivity index (χ1) is 21.4. The average molecular weight is 634 g/mol. The molecule has 15 nitrogen and oxygen atoms in total. The summed E-state index contributed by atoms with van der Waals surface area (Å²) in [5.41, 5.74) is 0. The summed E-state index contributed by atoms with van der Waals surface area (Å²) in [4.78, 5) is 0. The van der Waals surface area contributed by atoms with Crippen LogP contribution in [0.1, 0.15) is 0 Å². The Balaban J connectivity index is 3.02. The van der Waals surface area contributed by atoms with Crippen LogP contribution in [0.4, 0.5) is 0 Å². The molecular formula is C28H59NO14. The highest BCUT2D eigenvalue weighted by Crippen LogP contribution is 1.86. The summed E-state index contributed by atoms with van der Waals surface area (Å²) in [5.74, 6) is 0. The number of rotatable bonds is 40. The van der Waals surface area contributed by atoms with E-state index in [2.05, 4.69) is 5.32 Å². The van der Waals surface area contributed by atoms with Crippen LogP contribution < -0.4 is 5.32 Å². The van der Waals surface area contributed by atoms with Gasteiger partial charge in [0, 0.05) is 13.1 Å². The molecule has 0 atom stereocenters. The van der Waals surface area contributed by atoms with Crippen molar-refractivity contribution < 1.29 is 67.1 Å². The monoisotopic (exact) mass is 633 g/mol. The maximum Gasteiger partial charge on any atom is 0.0701 e. The first kappa shape index (κ1) is 42.4. The van der Waals surface area contributed by atoms with Crippen molar-refractivity contribution in [2.75, 3.05) is 185 Å². The van der Waals surface area contributed by atoms with Crippen LogP contribution in [0.25, 0.3) is 0 Å². The highest BCUT2D eigenvalue weighted by molar-refractivity contribution is 4.46. The van der Waals surface area contributed by atoms with Crippen molar-refractivity contribution in [2.45, 2.75) is 0 Å². The number of hydrogen-bond donors (Lipinski definition) is 3. The third-order valence-corrected chi connectivity index (χ3v) is 5.04. The van der Waals surface area contributed by atoms with Crippen molar-refractivity contribution >= 4 is 0 Å². The van der Waals surface area contributed by atoms with E-state index < -0.39 is 0 Å². The molecule has 43 heavy (non-hydrogen) atoms. The van der Waals surface area contributed by atoms with E-state index in [1.54, 1.807) is 0 Å². The van der Waals surface area contributed by atoms with Crippen LogP contribution in [-0.2, 0) is 56.8 Å². The fourth-order valence-corrected chi connectivity index (χ4v) is 2.95. The third kappa shape index (κ3) is 41.4. The molecule has 0 aromatic rings. The van der Waals surface area contributed by atoms with E-state index in [1.165, 1.54) is 0 Å². The molecule has 0 saturated carbocycles. The van der Waals surface area contributed by atoms with Crippen molar-refractivity contribution in [2.24, 2.45) is 0 Å². The number of ether oxygens (including phenoxy) is 12. The maximum atomic E-state index is 8.57. The van der Waals surface area contributed by atoms with Crippen LogP contribution in [-0.4, -0.2) is 195 Å². The largest absolute Gasteiger partial charge is 0.394 e. The minimum atomic E-state index is 0.0256. The van der Waals surface area contributed by atoms with Crippen molar-refractivity contribution in [3.05, 3.63) is 0 Å². The lowest BCUT2D eigenvalue weighted by Gasteiger charge is -2.09. The molecule has 0 aliphatic carbocycles. The predicted molar refractivity (Wildman–Crippen MR) is 157 cm³/mol. The number of hydrogen-bond acceptors (Lipinski definition) is 15. The second-order valence-electron chi connectivity index (χ2n) is 8.55. The molecule has 0 heterocycles. The lowest BCUT2D eigenvalue weighted by Crippen LogP contribution is -2.25. The molecule has 0 bridgehead atoms. The second kappa shape index (κ2) is 41.4. The Morgan fingerprint density at radius 3 is 0.581 bits per heavy atom. The van der Waals surface area contributed by atoms with Gasteiger partial charge >= 0.3 is 0 Å². The van der Waals surface area contributed by atoms with Gasteiger partial charge in [-0.2, -0.15) is 0 Å². The summed E-state index contributed by atoms with van der Waals surface area (Å²) in [6.45, 7) is 13.6. The Bertz CT molecular complexity index is 445. The molecule has 0 rings (SSSR count). The number of nitrogens with one attached hydrogen (secondary N) is 1. The predicted octanol–water partition coefficient (Wildman–Crippen LogP) is -1.24. The molecule has 15 heteroatoms. The Kier molecular flexibility index (Phi) is 40.8. The van der Waals surface area contributed by atoms with Crippen molar-refractivity contribution in [3.8, 4) is 0 Å². The molecule has 0 aliphatic rings. The zero-order chi connectivity index (χ0) is 31.0. The molecule has 0 fully saturated rings. The molecule has 0 saturated heterocycles. The molecule has 0 spiro atoms. The maximum absolute atomic E-state index is 8.57. The average Bonchev–Trinajstić information content (AvgIpc) is 3.02. The summed E-state index contributed by atoms with van der Waals surface area (Å²) < 4.78 is 64.5. The van der Waals surface area contributed by atoms with Crippen LogP contribution in [0.2, 0.25) is 0 Å². The van der Waals surface area contributed by atoms with Gasteiger partial charge in [-0.25, -0.2) is 0 Å². The molecule has 0 aromatic heterocycles. The van der Waals surface area contributed by atoms with E-state index in [4.69, 9.17) is 67.1 Å². The van der Waals surface area contributed by atoms with Crippen molar-refractivity contribution in [1.29, 1.82) is 0 Å². The normalized spacial score (nSPS) is 11.6. The summed E-state index contributed by atoms with van der Waals surface area (Å²) in [6.07, 6.45) is 0. The highest BCUT2D eigenvalue weighted by Gasteiger charge is 1.96. The van der Waals surface area contributed by atoms with Crippen LogP contribution in [0.5, 0.6) is 0 Å². The second-order valence-corrected chi connectivity index (χ2v) is 8.55. The van der Waals surface area contributed by atoms with Crippen molar-refractivity contribution in [1.82, 2.24) is 5.32 Å². The topological polar surface area (TPSA) is 163 Å². The fourth-order valence-electron chi connectivity index (χ4n) is 2.95. The Labute approximate surface area is 257 Å². The lowest BCUT2D eigenvalue weighted by atomic mass is 10.6. The summed E-state index contributed by atoms with van der Waals surface area (Å²) in [7, 11) is 0. The van der Waals surface area contributed by atoms with Gasteiger partial charge in [0.25, 0.3) is 0 Å². The van der Waals surface area contributed by atoms with Gasteiger partial charge in [0.15, 0.2) is 0 Å². The van der Waals surface area contributed by atoms with E-state index >= 15 is 0 Å². The molecule has 0 unspecified atom stereocenters. The number of aliphatic hydroxyl groups excluding tert-OH is 2. The molecule has 0 aromatic carbocycles. The highest BCUT2D eigenvalue weighted by atomic mass is 16.6. The van der Waals surface area contributed by atoms with Gasteiger partial charge in [-0.1, -0.05) is 0 Å². The Morgan fingerprint density at radius 2 is 0.395 bits per heavy atom. The van der Waals surface area contributed by atoms with Gasteiger partial charge in [0.1, 0.15) is 0 Å². The summed E-state index contributed by atoms with van der Waals surface area (Å²) in [5, 5.41) is 20.4. The third-order valence-electron chi connectivity index (χ3n) is 5.04. The SMILES string of the molecule is OCCOCCOCCOCCOCCOCCOCCNCCOCCOCCOCCOCCOCCOCCO. The fraction of sp³-hybridized carbons (Fsp3) is 1.00. The lowest BCUT2D eigenvalue weighted by molar-refractivity contribution is -0.0186. The number of aliphatic hydroxyl groups is 2. The van der Waals surface area contributed by atoms with Gasteiger partial charge < -0.3 is 72.4 Å². The van der Waals surface area contributed by atoms with Gasteiger partial charge in [-0.05, 0) is 0 Å². The van der Waals surface area contributed by atoms with Crippen LogP contribution in [0, 0.1) is 0 Å². The minimum Gasteiger partial charge on any atom is -0.394 e. The van der Waals surface area contributed by atoms with Crippen molar-refractivity contribution in [3.63, 3.8) is 0 Å². The van der Waals surface area contributed by atoms with Gasteiger partial charge in [0.05, 0.1) is 172 Å². The minimum absolute atomic E-state index is 0.0256. The van der Waals surface area contributed by atoms with E-state index in [0.717, 1.165) is 13.1 Å². The molecule has 260 valence electrons. The first-order valence-corrected chi connectivity index (χ1v) is 15.3. The first-order valence-electron chi connectivity index (χ1n) is 15.3. The standard InChI is InChI=1S/C28H59NO14/c30-3-7-34-11-15-38-19-23-42-27-25-40-21-17-36-13-9-32-5-1-29-2-6-33-10-14-37-18-22-41-26-28-43-24-20-39-16-12-35-8-4-31/h29-31H,1-28H2. The van der Waals surface area contributed by atoms with Gasteiger partial charge in [-0.3, -0.25) is 0 Å². The molecule has 3 N–H and O–H groups in total. The van der Waals surface area contributed by atoms with Crippen LogP contribution >= 0.6 is 0 Å². The van der Waals surface area contributed by atoms with Gasteiger partial charge in [0.2, 0.25) is 0 Å². The molecule has 0 aliphatic heterocycles. The van der Waals surface area contributed by atoms with E-state index in [-0.39, 0.29) is 13.2 Å². The Hall–Kier alpha value is -0.600. The van der Waals surface area contributed by atoms with E-state index in [0.29, 0.717) is 159 Å². The summed E-state index contributed by atoms with van der Waals surface area (Å²) >= 11 is 0. The van der Waals surface area contributed by atoms with Crippen LogP contribution in [0.3, 0.4) is 0 Å². The van der Waals surface area contributed by atoms with E-state index in [9.17, 15) is 0 Å². The smallest absolute Gasteiger partial charge is 0.0701 e. The van der Waals surface area contributed by atoms with Gasteiger partial charge in [-0.15, -0.1) is 0 Å². The Morgan fingerprint density at radius 1 is 0.233 bits per heavy atom. The van der Waals surface area contributed by atoms with Crippen LogP contribution in [0.15, 0.2) is 0 Å². The zero-order valence-corrected chi connectivity index (χ0v) is 26.1. The molecule has 0 radical (unpaired) electrons.